The smallest absolute Gasteiger partial charge is 0.238 e. The second-order valence-corrected chi connectivity index (χ2v) is 8.43. The van der Waals surface area contributed by atoms with Gasteiger partial charge in [-0.3, -0.25) is 14.5 Å². The fraction of sp³-hybridized carbons (Fsp3) is 0.333. The summed E-state index contributed by atoms with van der Waals surface area (Å²) in [4.78, 5) is 27.7. The van der Waals surface area contributed by atoms with Gasteiger partial charge in [-0.2, -0.15) is 0 Å². The highest BCUT2D eigenvalue weighted by molar-refractivity contribution is 7.98. The fourth-order valence-corrected chi connectivity index (χ4v) is 3.89. The molecule has 2 rings (SSSR count). The van der Waals surface area contributed by atoms with E-state index in [4.69, 9.17) is 23.2 Å². The van der Waals surface area contributed by atoms with E-state index < -0.39 is 6.04 Å². The summed E-state index contributed by atoms with van der Waals surface area (Å²) in [6.45, 7) is 3.70. The Morgan fingerprint density at radius 3 is 2.48 bits per heavy atom. The van der Waals surface area contributed by atoms with Gasteiger partial charge in [0.15, 0.2) is 0 Å². The van der Waals surface area contributed by atoms with Crippen LogP contribution in [-0.4, -0.2) is 42.6 Å². The van der Waals surface area contributed by atoms with Crippen molar-refractivity contribution in [2.24, 2.45) is 0 Å². The van der Waals surface area contributed by atoms with Crippen LogP contribution >= 0.6 is 35.0 Å². The summed E-state index contributed by atoms with van der Waals surface area (Å²) in [5.74, 6) is -0.370. The molecule has 2 unspecified atom stereocenters. The fourth-order valence-electron chi connectivity index (χ4n) is 2.77. The standard InChI is InChI=1S/C21H25Cl2N3O2S/c1-13(16-10-9-15(22)11-17(16)23)24-21(28)14(2)26(3)12-20(27)25-18-7-5-6-8-19(18)29-4/h5-11,13-14H,12H2,1-4H3,(H,24,28)(H,25,27). The number of para-hydroxylation sites is 1. The molecular formula is C21H25Cl2N3O2S. The van der Waals surface area contributed by atoms with Crippen molar-refractivity contribution in [3.8, 4) is 0 Å². The van der Waals surface area contributed by atoms with Gasteiger partial charge in [0.25, 0.3) is 0 Å². The number of carbonyl (C=O) groups excluding carboxylic acids is 2. The zero-order chi connectivity index (χ0) is 21.6. The zero-order valence-electron chi connectivity index (χ0n) is 16.8. The molecule has 0 aliphatic heterocycles. The summed E-state index contributed by atoms with van der Waals surface area (Å²) in [5.41, 5.74) is 1.55. The molecule has 156 valence electrons. The molecule has 0 aliphatic rings. The number of rotatable bonds is 8. The van der Waals surface area contributed by atoms with Crippen molar-refractivity contribution < 1.29 is 9.59 Å². The predicted molar refractivity (Wildman–Crippen MR) is 122 cm³/mol. The quantitative estimate of drug-likeness (QED) is 0.560. The van der Waals surface area contributed by atoms with E-state index in [1.807, 2.05) is 37.4 Å². The number of likely N-dealkylation sites (N-methyl/N-ethyl adjacent to an activating group) is 1. The molecule has 2 amide bonds. The first-order valence-corrected chi connectivity index (χ1v) is 11.1. The first-order valence-electron chi connectivity index (χ1n) is 9.11. The Labute approximate surface area is 186 Å². The zero-order valence-corrected chi connectivity index (χ0v) is 19.2. The van der Waals surface area contributed by atoms with Gasteiger partial charge in [-0.05, 0) is 57.0 Å². The average molecular weight is 454 g/mol. The third-order valence-corrected chi connectivity index (χ3v) is 5.96. The number of hydrogen-bond donors (Lipinski definition) is 2. The molecule has 0 heterocycles. The van der Waals surface area contributed by atoms with Gasteiger partial charge >= 0.3 is 0 Å². The van der Waals surface area contributed by atoms with Crippen LogP contribution in [0.25, 0.3) is 0 Å². The number of halogens is 2. The minimum absolute atomic E-state index is 0.0907. The monoisotopic (exact) mass is 453 g/mol. The van der Waals surface area contributed by atoms with Gasteiger partial charge in [0, 0.05) is 14.9 Å². The molecule has 0 saturated heterocycles. The van der Waals surface area contributed by atoms with E-state index in [0.717, 1.165) is 16.1 Å². The maximum atomic E-state index is 12.6. The highest BCUT2D eigenvalue weighted by atomic mass is 35.5. The summed E-state index contributed by atoms with van der Waals surface area (Å²) >= 11 is 13.7. The van der Waals surface area contributed by atoms with E-state index in [2.05, 4.69) is 10.6 Å². The number of amides is 2. The van der Waals surface area contributed by atoms with Crippen molar-refractivity contribution in [3.05, 3.63) is 58.1 Å². The lowest BCUT2D eigenvalue weighted by atomic mass is 10.1. The minimum Gasteiger partial charge on any atom is -0.348 e. The van der Waals surface area contributed by atoms with Crippen LogP contribution in [-0.2, 0) is 9.59 Å². The number of carbonyl (C=O) groups is 2. The third kappa shape index (κ3) is 6.64. The largest absolute Gasteiger partial charge is 0.348 e. The Morgan fingerprint density at radius 1 is 1.14 bits per heavy atom. The lowest BCUT2D eigenvalue weighted by Gasteiger charge is -2.25. The number of anilines is 1. The number of hydrogen-bond acceptors (Lipinski definition) is 4. The summed E-state index contributed by atoms with van der Waals surface area (Å²) in [7, 11) is 1.74. The molecule has 0 radical (unpaired) electrons. The SMILES string of the molecule is CSc1ccccc1NC(=O)CN(C)C(C)C(=O)NC(C)c1ccc(Cl)cc1Cl. The summed E-state index contributed by atoms with van der Waals surface area (Å²) in [6, 6.07) is 12.0. The van der Waals surface area contributed by atoms with Crippen molar-refractivity contribution in [3.63, 3.8) is 0 Å². The summed E-state index contributed by atoms with van der Waals surface area (Å²) < 4.78 is 0. The molecule has 2 aromatic rings. The molecule has 0 aromatic heterocycles. The molecule has 2 aromatic carbocycles. The van der Waals surface area contributed by atoms with E-state index in [1.165, 1.54) is 0 Å². The Morgan fingerprint density at radius 2 is 1.83 bits per heavy atom. The molecule has 2 atom stereocenters. The molecule has 0 fully saturated rings. The third-order valence-electron chi connectivity index (χ3n) is 4.60. The van der Waals surface area contributed by atoms with E-state index in [0.29, 0.717) is 10.0 Å². The van der Waals surface area contributed by atoms with Crippen molar-refractivity contribution >= 4 is 52.5 Å². The second kappa shape index (κ2) is 10.9. The van der Waals surface area contributed by atoms with Crippen LogP contribution in [0.2, 0.25) is 10.0 Å². The van der Waals surface area contributed by atoms with Gasteiger partial charge in [0.2, 0.25) is 11.8 Å². The molecule has 5 nitrogen and oxygen atoms in total. The Hall–Kier alpha value is -1.73. The van der Waals surface area contributed by atoms with Gasteiger partial charge in [-0.15, -0.1) is 11.8 Å². The first-order chi connectivity index (χ1) is 13.7. The maximum absolute atomic E-state index is 12.6. The summed E-state index contributed by atoms with van der Waals surface area (Å²) in [6.07, 6.45) is 1.96. The van der Waals surface area contributed by atoms with Crippen molar-refractivity contribution in [2.45, 2.75) is 30.8 Å². The Kier molecular flexibility index (Phi) is 8.83. The summed E-state index contributed by atoms with van der Waals surface area (Å²) in [5, 5.41) is 6.88. The number of nitrogens with one attached hydrogen (secondary N) is 2. The highest BCUT2D eigenvalue weighted by Crippen LogP contribution is 2.26. The lowest BCUT2D eigenvalue weighted by Crippen LogP contribution is -2.46. The maximum Gasteiger partial charge on any atom is 0.238 e. The van der Waals surface area contributed by atoms with Gasteiger partial charge in [0.05, 0.1) is 24.3 Å². The van der Waals surface area contributed by atoms with Crippen molar-refractivity contribution in [1.29, 1.82) is 0 Å². The Balaban J connectivity index is 1.93. The molecule has 8 heteroatoms. The Bertz CT molecular complexity index is 879. The molecule has 0 aliphatic carbocycles. The van der Waals surface area contributed by atoms with Crippen molar-refractivity contribution in [2.75, 3.05) is 25.2 Å². The van der Waals surface area contributed by atoms with Gasteiger partial charge in [-0.1, -0.05) is 41.4 Å². The highest BCUT2D eigenvalue weighted by Gasteiger charge is 2.23. The van der Waals surface area contributed by atoms with Gasteiger partial charge in [0.1, 0.15) is 0 Å². The van der Waals surface area contributed by atoms with Crippen LogP contribution in [0.1, 0.15) is 25.5 Å². The van der Waals surface area contributed by atoms with E-state index in [9.17, 15) is 9.59 Å². The average Bonchev–Trinajstić information content (AvgIpc) is 2.67. The molecule has 0 bridgehead atoms. The van der Waals surface area contributed by atoms with E-state index >= 15 is 0 Å². The normalized spacial score (nSPS) is 13.1. The van der Waals surface area contributed by atoms with Crippen molar-refractivity contribution in [1.82, 2.24) is 10.2 Å². The number of nitrogens with zero attached hydrogens (tertiary/aromatic N) is 1. The molecule has 2 N–H and O–H groups in total. The first kappa shape index (κ1) is 23.5. The van der Waals surface area contributed by atoms with Gasteiger partial charge in [-0.25, -0.2) is 0 Å². The number of thioether (sulfide) groups is 1. The van der Waals surface area contributed by atoms with Crippen LogP contribution in [0.5, 0.6) is 0 Å². The number of benzene rings is 2. The van der Waals surface area contributed by atoms with Crippen LogP contribution in [0.4, 0.5) is 5.69 Å². The lowest BCUT2D eigenvalue weighted by molar-refractivity contribution is -0.127. The topological polar surface area (TPSA) is 61.4 Å². The molecule has 29 heavy (non-hydrogen) atoms. The van der Waals surface area contributed by atoms with Gasteiger partial charge < -0.3 is 10.6 Å². The molecule has 0 saturated carbocycles. The van der Waals surface area contributed by atoms with Crippen LogP contribution < -0.4 is 10.6 Å². The molecular weight excluding hydrogens is 429 g/mol. The molecule has 0 spiro atoms. The van der Waals surface area contributed by atoms with E-state index in [-0.39, 0.29) is 24.4 Å². The van der Waals surface area contributed by atoms with Crippen LogP contribution in [0.3, 0.4) is 0 Å². The minimum atomic E-state index is -0.495. The van der Waals surface area contributed by atoms with E-state index in [1.54, 1.807) is 48.8 Å². The van der Waals surface area contributed by atoms with Crippen LogP contribution in [0.15, 0.2) is 47.4 Å². The van der Waals surface area contributed by atoms with Crippen LogP contribution in [0, 0.1) is 0 Å². The predicted octanol–water partition coefficient (Wildman–Crippen LogP) is 4.85. The second-order valence-electron chi connectivity index (χ2n) is 6.74.